The van der Waals surface area contributed by atoms with E-state index in [1.807, 2.05) is 0 Å². The number of aromatic nitrogens is 4. The van der Waals surface area contributed by atoms with Gasteiger partial charge in [0, 0.05) is 37.9 Å². The minimum atomic E-state index is -4.40. The molecule has 0 amide bonds. The SMILES string of the molecule is FC(F)(F)c1ccc(Cn2ccnc2-c2nccn2Cc2ccc(C(F)(F)F)cc2)cc1. The number of hydrogen-bond acceptors (Lipinski definition) is 2. The maximum absolute atomic E-state index is 12.8. The van der Waals surface area contributed by atoms with Gasteiger partial charge in [0.1, 0.15) is 0 Å². The number of benzene rings is 2. The molecule has 0 saturated carbocycles. The molecule has 0 aliphatic carbocycles. The summed E-state index contributed by atoms with van der Waals surface area (Å²) in [7, 11) is 0. The first-order valence-corrected chi connectivity index (χ1v) is 9.46. The number of imidazole rings is 2. The van der Waals surface area contributed by atoms with Gasteiger partial charge in [0.15, 0.2) is 11.6 Å². The summed E-state index contributed by atoms with van der Waals surface area (Å²) in [5, 5.41) is 0. The van der Waals surface area contributed by atoms with Crippen molar-refractivity contribution in [1.29, 1.82) is 0 Å². The van der Waals surface area contributed by atoms with Gasteiger partial charge in [-0.2, -0.15) is 26.3 Å². The normalized spacial score (nSPS) is 12.3. The van der Waals surface area contributed by atoms with Crippen molar-refractivity contribution in [2.24, 2.45) is 0 Å². The van der Waals surface area contributed by atoms with Crippen LogP contribution in [0.3, 0.4) is 0 Å². The summed E-state index contributed by atoms with van der Waals surface area (Å²) in [4.78, 5) is 8.62. The van der Waals surface area contributed by atoms with Crippen LogP contribution in [0.1, 0.15) is 22.3 Å². The molecular formula is C22H16F6N4. The molecule has 2 aromatic heterocycles. The van der Waals surface area contributed by atoms with Gasteiger partial charge in [-0.15, -0.1) is 0 Å². The fourth-order valence-electron chi connectivity index (χ4n) is 3.28. The van der Waals surface area contributed by atoms with Crippen molar-refractivity contribution >= 4 is 0 Å². The summed E-state index contributed by atoms with van der Waals surface area (Å²) in [6.07, 6.45) is -2.33. The van der Waals surface area contributed by atoms with E-state index in [0.717, 1.165) is 24.3 Å². The van der Waals surface area contributed by atoms with E-state index in [0.29, 0.717) is 22.8 Å². The molecule has 4 rings (SSSR count). The fourth-order valence-corrected chi connectivity index (χ4v) is 3.28. The van der Waals surface area contributed by atoms with Crippen LogP contribution in [0.15, 0.2) is 73.3 Å². The van der Waals surface area contributed by atoms with Crippen molar-refractivity contribution in [1.82, 2.24) is 19.1 Å². The van der Waals surface area contributed by atoms with Gasteiger partial charge in [-0.05, 0) is 35.4 Å². The highest BCUT2D eigenvalue weighted by atomic mass is 19.4. The second-order valence-corrected chi connectivity index (χ2v) is 7.15. The Hall–Kier alpha value is -3.56. The Bertz CT molecular complexity index is 1090. The van der Waals surface area contributed by atoms with Crippen molar-refractivity contribution in [3.05, 3.63) is 95.6 Å². The zero-order valence-corrected chi connectivity index (χ0v) is 16.4. The van der Waals surface area contributed by atoms with Gasteiger partial charge in [-0.3, -0.25) is 0 Å². The topological polar surface area (TPSA) is 35.6 Å². The van der Waals surface area contributed by atoms with Gasteiger partial charge < -0.3 is 9.13 Å². The van der Waals surface area contributed by atoms with Crippen LogP contribution in [-0.4, -0.2) is 19.1 Å². The summed E-state index contributed by atoms with van der Waals surface area (Å²) in [6, 6.07) is 9.72. The zero-order valence-electron chi connectivity index (χ0n) is 16.4. The van der Waals surface area contributed by atoms with Gasteiger partial charge >= 0.3 is 12.4 Å². The van der Waals surface area contributed by atoms with E-state index >= 15 is 0 Å². The summed E-state index contributed by atoms with van der Waals surface area (Å²) in [5.74, 6) is 0.976. The Morgan fingerprint density at radius 1 is 0.562 bits per heavy atom. The summed E-state index contributed by atoms with van der Waals surface area (Å²) < 4.78 is 80.1. The first-order valence-electron chi connectivity index (χ1n) is 9.46. The van der Waals surface area contributed by atoms with Gasteiger partial charge in [-0.25, -0.2) is 9.97 Å². The lowest BCUT2D eigenvalue weighted by Gasteiger charge is -2.12. The zero-order chi connectivity index (χ0) is 22.9. The molecule has 0 bridgehead atoms. The van der Waals surface area contributed by atoms with E-state index in [2.05, 4.69) is 9.97 Å². The van der Waals surface area contributed by atoms with E-state index in [1.54, 1.807) is 33.9 Å². The molecule has 4 aromatic rings. The van der Waals surface area contributed by atoms with Crippen molar-refractivity contribution in [2.75, 3.05) is 0 Å². The van der Waals surface area contributed by atoms with E-state index < -0.39 is 23.5 Å². The van der Waals surface area contributed by atoms with Gasteiger partial charge in [0.25, 0.3) is 0 Å². The third kappa shape index (κ3) is 4.68. The lowest BCUT2D eigenvalue weighted by Crippen LogP contribution is -2.09. The first kappa shape index (κ1) is 21.7. The van der Waals surface area contributed by atoms with E-state index in [4.69, 9.17) is 0 Å². The van der Waals surface area contributed by atoms with Crippen LogP contribution in [0.4, 0.5) is 26.3 Å². The highest BCUT2D eigenvalue weighted by Crippen LogP contribution is 2.30. The molecule has 166 valence electrons. The Morgan fingerprint density at radius 2 is 0.906 bits per heavy atom. The second-order valence-electron chi connectivity index (χ2n) is 7.15. The third-order valence-corrected chi connectivity index (χ3v) is 4.90. The molecule has 10 heteroatoms. The first-order chi connectivity index (χ1) is 15.1. The van der Waals surface area contributed by atoms with Gasteiger partial charge in [0.2, 0.25) is 0 Å². The van der Waals surface area contributed by atoms with Crippen LogP contribution in [0.2, 0.25) is 0 Å². The fraction of sp³-hybridized carbons (Fsp3) is 0.182. The van der Waals surface area contributed by atoms with Crippen LogP contribution in [0.25, 0.3) is 11.6 Å². The molecule has 0 aliphatic rings. The van der Waals surface area contributed by atoms with E-state index in [-0.39, 0.29) is 13.1 Å². The summed E-state index contributed by atoms with van der Waals surface area (Å²) >= 11 is 0. The molecule has 0 atom stereocenters. The third-order valence-electron chi connectivity index (χ3n) is 4.90. The molecule has 0 radical (unpaired) electrons. The number of hydrogen-bond donors (Lipinski definition) is 0. The highest BCUT2D eigenvalue weighted by Gasteiger charge is 2.30. The lowest BCUT2D eigenvalue weighted by molar-refractivity contribution is -0.138. The molecule has 0 aliphatic heterocycles. The van der Waals surface area contributed by atoms with Crippen LogP contribution < -0.4 is 0 Å². The molecule has 32 heavy (non-hydrogen) atoms. The Kier molecular flexibility index (Phi) is 5.53. The smallest absolute Gasteiger partial charge is 0.324 e. The molecular weight excluding hydrogens is 434 g/mol. The van der Waals surface area contributed by atoms with Crippen molar-refractivity contribution in [2.45, 2.75) is 25.4 Å². The van der Waals surface area contributed by atoms with Crippen LogP contribution in [-0.2, 0) is 25.4 Å². The standard InChI is InChI=1S/C22H16F6N4/c23-21(24,25)17-5-1-15(2-6-17)13-31-11-9-29-19(31)20-30-10-12-32(20)14-16-3-7-18(8-4-16)22(26,27)28/h1-12H,13-14H2. The predicted molar refractivity (Wildman–Crippen MR) is 105 cm³/mol. The maximum Gasteiger partial charge on any atom is 0.416 e. The molecule has 0 spiro atoms. The van der Waals surface area contributed by atoms with E-state index in [1.165, 1.54) is 24.3 Å². The minimum Gasteiger partial charge on any atom is -0.324 e. The molecule has 0 fully saturated rings. The monoisotopic (exact) mass is 450 g/mol. The highest BCUT2D eigenvalue weighted by molar-refractivity contribution is 5.46. The second kappa shape index (κ2) is 8.18. The quantitative estimate of drug-likeness (QED) is 0.356. The van der Waals surface area contributed by atoms with Crippen molar-refractivity contribution in [3.8, 4) is 11.6 Å². The Labute approximate surface area is 178 Å². The number of alkyl halides is 6. The van der Waals surface area contributed by atoms with Crippen molar-refractivity contribution in [3.63, 3.8) is 0 Å². The average molecular weight is 450 g/mol. The molecule has 2 aromatic carbocycles. The van der Waals surface area contributed by atoms with Crippen LogP contribution >= 0.6 is 0 Å². The van der Waals surface area contributed by atoms with Crippen LogP contribution in [0, 0.1) is 0 Å². The minimum absolute atomic E-state index is 0.278. The Balaban J connectivity index is 1.55. The molecule has 0 N–H and O–H groups in total. The Morgan fingerprint density at radius 3 is 1.22 bits per heavy atom. The average Bonchev–Trinajstić information content (AvgIpc) is 3.36. The number of rotatable bonds is 5. The molecule has 0 unspecified atom stereocenters. The molecule has 0 saturated heterocycles. The number of halogens is 6. The van der Waals surface area contributed by atoms with Crippen LogP contribution in [0.5, 0.6) is 0 Å². The van der Waals surface area contributed by atoms with Gasteiger partial charge in [0.05, 0.1) is 11.1 Å². The van der Waals surface area contributed by atoms with Gasteiger partial charge in [-0.1, -0.05) is 24.3 Å². The van der Waals surface area contributed by atoms with E-state index in [9.17, 15) is 26.3 Å². The maximum atomic E-state index is 12.8. The molecule has 2 heterocycles. The molecule has 4 nitrogen and oxygen atoms in total. The van der Waals surface area contributed by atoms with Crippen molar-refractivity contribution < 1.29 is 26.3 Å². The largest absolute Gasteiger partial charge is 0.416 e. The summed E-state index contributed by atoms with van der Waals surface area (Å²) in [6.45, 7) is 0.557. The number of nitrogens with zero attached hydrogens (tertiary/aromatic N) is 4. The lowest BCUT2D eigenvalue weighted by atomic mass is 10.1. The predicted octanol–water partition coefficient (Wildman–Crippen LogP) is 5.88. The summed E-state index contributed by atoms with van der Waals surface area (Å²) in [5.41, 5.74) is -0.144.